The van der Waals surface area contributed by atoms with Gasteiger partial charge < -0.3 is 5.32 Å². The van der Waals surface area contributed by atoms with Gasteiger partial charge in [-0.15, -0.1) is 5.10 Å². The van der Waals surface area contributed by atoms with Gasteiger partial charge in [0.15, 0.2) is 0 Å². The van der Waals surface area contributed by atoms with E-state index in [0.717, 1.165) is 16.9 Å². The van der Waals surface area contributed by atoms with Gasteiger partial charge in [0, 0.05) is 10.7 Å². The van der Waals surface area contributed by atoms with Crippen LogP contribution in [0.1, 0.15) is 5.56 Å². The number of para-hydroxylation sites is 1. The summed E-state index contributed by atoms with van der Waals surface area (Å²) in [4.78, 5) is 12.1. The molecule has 0 aliphatic rings. The number of tetrazole rings is 1. The lowest BCUT2D eigenvalue weighted by Crippen LogP contribution is -2.15. The van der Waals surface area contributed by atoms with E-state index in [-0.39, 0.29) is 11.7 Å². The molecular weight excluding hydrogens is 346 g/mol. The molecule has 1 amide bonds. The maximum absolute atomic E-state index is 12.1. The van der Waals surface area contributed by atoms with E-state index >= 15 is 0 Å². The first kappa shape index (κ1) is 16.5. The van der Waals surface area contributed by atoms with Crippen molar-refractivity contribution in [3.63, 3.8) is 0 Å². The summed E-state index contributed by atoms with van der Waals surface area (Å²) in [6.45, 7) is 1.89. The first-order valence-corrected chi connectivity index (χ1v) is 8.52. The average Bonchev–Trinajstić information content (AvgIpc) is 3.05. The van der Waals surface area contributed by atoms with E-state index in [9.17, 15) is 4.79 Å². The number of amides is 1. The number of benzene rings is 2. The van der Waals surface area contributed by atoms with Gasteiger partial charge in [-0.25, -0.2) is 0 Å². The number of nitrogens with zero attached hydrogens (tertiary/aromatic N) is 4. The fraction of sp³-hybridized carbons (Fsp3) is 0.125. The zero-order valence-corrected chi connectivity index (χ0v) is 14.4. The van der Waals surface area contributed by atoms with Crippen LogP contribution < -0.4 is 5.32 Å². The minimum absolute atomic E-state index is 0.131. The van der Waals surface area contributed by atoms with Crippen LogP contribution in [0.3, 0.4) is 0 Å². The second-order valence-corrected chi connectivity index (χ2v) is 6.38. The molecule has 0 saturated heterocycles. The largest absolute Gasteiger partial charge is 0.325 e. The number of carbonyl (C=O) groups excluding carboxylic acids is 1. The van der Waals surface area contributed by atoms with Crippen LogP contribution >= 0.6 is 23.4 Å². The van der Waals surface area contributed by atoms with Gasteiger partial charge in [0.1, 0.15) is 0 Å². The Morgan fingerprint density at radius 2 is 2.04 bits per heavy atom. The molecule has 0 bridgehead atoms. The number of aromatic nitrogens is 4. The van der Waals surface area contributed by atoms with E-state index < -0.39 is 0 Å². The molecule has 1 aromatic heterocycles. The molecule has 8 heteroatoms. The molecule has 0 spiro atoms. The minimum Gasteiger partial charge on any atom is -0.325 e. The Hall–Kier alpha value is -2.38. The Bertz CT molecular complexity index is 853. The molecule has 24 heavy (non-hydrogen) atoms. The Morgan fingerprint density at radius 1 is 1.25 bits per heavy atom. The highest BCUT2D eigenvalue weighted by molar-refractivity contribution is 7.99. The summed E-state index contributed by atoms with van der Waals surface area (Å²) in [6.07, 6.45) is 0. The molecule has 3 rings (SSSR count). The van der Waals surface area contributed by atoms with Gasteiger partial charge in [0.25, 0.3) is 0 Å². The Morgan fingerprint density at radius 3 is 2.79 bits per heavy atom. The second kappa shape index (κ2) is 7.46. The fourth-order valence-corrected chi connectivity index (χ4v) is 3.00. The summed E-state index contributed by atoms with van der Waals surface area (Å²) in [6, 6.07) is 14.9. The lowest BCUT2D eigenvalue weighted by Gasteiger charge is -2.08. The molecule has 6 nitrogen and oxygen atoms in total. The van der Waals surface area contributed by atoms with Crippen molar-refractivity contribution >= 4 is 35.0 Å². The van der Waals surface area contributed by atoms with Crippen molar-refractivity contribution in [3.05, 3.63) is 59.1 Å². The predicted molar refractivity (Wildman–Crippen MR) is 94.7 cm³/mol. The van der Waals surface area contributed by atoms with Crippen LogP contribution in [-0.4, -0.2) is 31.9 Å². The van der Waals surface area contributed by atoms with E-state index in [1.807, 2.05) is 37.3 Å². The molecule has 0 aliphatic carbocycles. The van der Waals surface area contributed by atoms with Crippen LogP contribution in [0.15, 0.2) is 53.7 Å². The van der Waals surface area contributed by atoms with E-state index in [0.29, 0.717) is 10.2 Å². The first-order valence-electron chi connectivity index (χ1n) is 7.16. The molecule has 0 atom stereocenters. The van der Waals surface area contributed by atoms with Crippen LogP contribution in [0.2, 0.25) is 5.02 Å². The Balaban J connectivity index is 1.64. The number of halogens is 1. The molecule has 0 radical (unpaired) electrons. The van der Waals surface area contributed by atoms with E-state index in [1.165, 1.54) is 11.8 Å². The van der Waals surface area contributed by atoms with E-state index in [1.54, 1.807) is 22.9 Å². The SMILES string of the molecule is Cc1cc(Cl)ccc1NC(=O)CSc1nnnn1-c1ccccc1. The highest BCUT2D eigenvalue weighted by atomic mass is 35.5. The molecule has 0 fully saturated rings. The van der Waals surface area contributed by atoms with E-state index in [2.05, 4.69) is 20.8 Å². The highest BCUT2D eigenvalue weighted by Crippen LogP contribution is 2.21. The zero-order chi connectivity index (χ0) is 16.9. The zero-order valence-electron chi connectivity index (χ0n) is 12.8. The van der Waals surface area contributed by atoms with Gasteiger partial charge in [-0.2, -0.15) is 4.68 Å². The molecule has 3 aromatic rings. The summed E-state index contributed by atoms with van der Waals surface area (Å²) in [5, 5.41) is 15.7. The highest BCUT2D eigenvalue weighted by Gasteiger charge is 2.12. The smallest absolute Gasteiger partial charge is 0.234 e. The fourth-order valence-electron chi connectivity index (χ4n) is 2.08. The van der Waals surface area contributed by atoms with Crippen molar-refractivity contribution in [3.8, 4) is 5.69 Å². The monoisotopic (exact) mass is 359 g/mol. The summed E-state index contributed by atoms with van der Waals surface area (Å²) >= 11 is 7.19. The lowest BCUT2D eigenvalue weighted by atomic mass is 10.2. The van der Waals surface area contributed by atoms with E-state index in [4.69, 9.17) is 11.6 Å². The molecule has 0 saturated carbocycles. The van der Waals surface area contributed by atoms with Gasteiger partial charge in [0.2, 0.25) is 11.1 Å². The topological polar surface area (TPSA) is 72.7 Å². The standard InChI is InChI=1S/C16H14ClN5OS/c1-11-9-12(17)7-8-14(11)18-15(23)10-24-16-19-20-21-22(16)13-5-3-2-4-6-13/h2-9H,10H2,1H3,(H,18,23). The van der Waals surface area contributed by atoms with Crippen molar-refractivity contribution in [2.24, 2.45) is 0 Å². The predicted octanol–water partition coefficient (Wildman–Crippen LogP) is 3.35. The minimum atomic E-state index is -0.131. The molecule has 1 heterocycles. The molecule has 0 unspecified atom stereocenters. The summed E-state index contributed by atoms with van der Waals surface area (Å²) < 4.78 is 1.60. The first-order chi connectivity index (χ1) is 11.6. The Labute approximate surface area is 148 Å². The number of aryl methyl sites for hydroxylation is 1. The van der Waals surface area contributed by atoms with Crippen LogP contribution in [0, 0.1) is 6.92 Å². The number of anilines is 1. The van der Waals surface area contributed by atoms with Crippen LogP contribution in [-0.2, 0) is 4.79 Å². The van der Waals surface area contributed by atoms with Gasteiger partial charge >= 0.3 is 0 Å². The number of thioether (sulfide) groups is 1. The molecule has 0 aliphatic heterocycles. The third kappa shape index (κ3) is 3.93. The van der Waals surface area contributed by atoms with Gasteiger partial charge in [0.05, 0.1) is 11.4 Å². The normalized spacial score (nSPS) is 10.6. The van der Waals surface area contributed by atoms with Gasteiger partial charge in [-0.3, -0.25) is 4.79 Å². The maximum atomic E-state index is 12.1. The third-order valence-corrected chi connectivity index (χ3v) is 4.39. The Kier molecular flexibility index (Phi) is 5.12. The maximum Gasteiger partial charge on any atom is 0.234 e. The molecular formula is C16H14ClN5OS. The lowest BCUT2D eigenvalue weighted by molar-refractivity contribution is -0.113. The number of hydrogen-bond donors (Lipinski definition) is 1. The van der Waals surface area contributed by atoms with Gasteiger partial charge in [-0.1, -0.05) is 41.6 Å². The summed E-state index contributed by atoms with van der Waals surface area (Å²) in [5.41, 5.74) is 2.50. The number of nitrogens with one attached hydrogen (secondary N) is 1. The third-order valence-electron chi connectivity index (χ3n) is 3.24. The van der Waals surface area contributed by atoms with Crippen LogP contribution in [0.25, 0.3) is 5.69 Å². The molecule has 2 aromatic carbocycles. The number of rotatable bonds is 5. The van der Waals surface area contributed by atoms with Gasteiger partial charge in [-0.05, 0) is 53.2 Å². The van der Waals surface area contributed by atoms with Crippen molar-refractivity contribution in [2.75, 3.05) is 11.1 Å². The number of hydrogen-bond acceptors (Lipinski definition) is 5. The average molecular weight is 360 g/mol. The van der Waals surface area contributed by atoms with Crippen molar-refractivity contribution in [1.82, 2.24) is 20.2 Å². The second-order valence-electron chi connectivity index (χ2n) is 5.00. The van der Waals surface area contributed by atoms with Crippen molar-refractivity contribution in [1.29, 1.82) is 0 Å². The number of carbonyl (C=O) groups is 1. The summed E-state index contributed by atoms with van der Waals surface area (Å²) in [7, 11) is 0. The summed E-state index contributed by atoms with van der Waals surface area (Å²) in [5.74, 6) is 0.0722. The van der Waals surface area contributed by atoms with Crippen molar-refractivity contribution < 1.29 is 4.79 Å². The van der Waals surface area contributed by atoms with Crippen LogP contribution in [0.5, 0.6) is 0 Å². The molecule has 122 valence electrons. The van der Waals surface area contributed by atoms with Crippen molar-refractivity contribution in [2.45, 2.75) is 12.1 Å². The van der Waals surface area contributed by atoms with Crippen LogP contribution in [0.4, 0.5) is 5.69 Å². The molecule has 1 N–H and O–H groups in total. The quantitative estimate of drug-likeness (QED) is 0.707.